The number of carbonyl (C=O) groups excluding carboxylic acids is 2. The molecule has 0 aromatic heterocycles. The highest BCUT2D eigenvalue weighted by Gasteiger charge is 2.45. The normalized spacial score (nSPS) is 19.9. The molecule has 4 atom stereocenters. The number of benzene rings is 3. The fourth-order valence-electron chi connectivity index (χ4n) is 6.81. The molecule has 12 heteroatoms. The standard InChI is InChI=1S/C38H41BrFN3O7/c39-30-15-12-26(40)19-32(30)50-18-4-7-24-8-10-25(11-9-24)29-20-27-21-42(37(47)34(44)35(45)38(48)49)22-31(41-27)33(29)36(46)43(28-13-14-28)17-16-23-5-2-1-3-6-23/h1-3,5-6,8-12,15,19,27-28,31,34-35,41,44-45H,4,7,13-14,16-18,20-22H2,(H,48,49)/t27-,31-,34+,35-/m1/s1. The number of piperazine rings is 1. The number of nitrogens with one attached hydrogen (secondary N) is 1. The van der Waals surface area contributed by atoms with E-state index in [4.69, 9.17) is 9.84 Å². The minimum Gasteiger partial charge on any atom is -0.492 e. The smallest absolute Gasteiger partial charge is 0.335 e. The van der Waals surface area contributed by atoms with Crippen molar-refractivity contribution in [3.8, 4) is 5.75 Å². The number of hydrogen-bond acceptors (Lipinski definition) is 7. The maximum absolute atomic E-state index is 14.6. The second-order valence-corrected chi connectivity index (χ2v) is 14.0. The Bertz CT molecular complexity index is 1730. The second kappa shape index (κ2) is 15.8. The quantitative estimate of drug-likeness (QED) is 0.182. The number of nitrogens with zero attached hydrogens (tertiary/aromatic N) is 2. The molecule has 6 rings (SSSR count). The number of aliphatic hydroxyl groups is 2. The average molecular weight is 751 g/mol. The van der Waals surface area contributed by atoms with Crippen LogP contribution < -0.4 is 10.1 Å². The zero-order valence-electron chi connectivity index (χ0n) is 27.5. The van der Waals surface area contributed by atoms with Crippen molar-refractivity contribution in [2.75, 3.05) is 26.2 Å². The lowest BCUT2D eigenvalue weighted by atomic mass is 9.82. The van der Waals surface area contributed by atoms with Crippen LogP contribution in [0.2, 0.25) is 0 Å². The molecule has 0 spiro atoms. The summed E-state index contributed by atoms with van der Waals surface area (Å²) in [7, 11) is 0. The Hall–Kier alpha value is -4.10. The Morgan fingerprint density at radius 3 is 2.38 bits per heavy atom. The lowest BCUT2D eigenvalue weighted by Gasteiger charge is -2.45. The molecule has 0 unspecified atom stereocenters. The molecule has 0 radical (unpaired) electrons. The Labute approximate surface area is 298 Å². The van der Waals surface area contributed by atoms with Gasteiger partial charge in [-0.2, -0.15) is 0 Å². The molecular formula is C38H41BrFN3O7. The van der Waals surface area contributed by atoms with Crippen molar-refractivity contribution in [2.24, 2.45) is 0 Å². The first-order valence-corrected chi connectivity index (χ1v) is 17.8. The molecule has 1 aliphatic carbocycles. The predicted molar refractivity (Wildman–Crippen MR) is 188 cm³/mol. The highest BCUT2D eigenvalue weighted by molar-refractivity contribution is 9.10. The number of carbonyl (C=O) groups is 3. The number of rotatable bonds is 14. The van der Waals surface area contributed by atoms with Crippen LogP contribution in [0.4, 0.5) is 4.39 Å². The van der Waals surface area contributed by atoms with Crippen LogP contribution in [0.3, 0.4) is 0 Å². The molecule has 10 nitrogen and oxygen atoms in total. The van der Waals surface area contributed by atoms with Crippen molar-refractivity contribution >= 4 is 39.3 Å². The average Bonchev–Trinajstić information content (AvgIpc) is 3.96. The van der Waals surface area contributed by atoms with Gasteiger partial charge in [0.2, 0.25) is 0 Å². The SMILES string of the molecule is O=C(O)[C@H](O)[C@H](O)C(=O)N1C[C@H]2CC(c3ccc(CCCOc4cc(F)ccc4Br)cc3)=C(C(=O)N(CCc3ccccc3)C3CC3)[C@@H](C1)N2. The van der Waals surface area contributed by atoms with Crippen LogP contribution >= 0.6 is 15.9 Å². The van der Waals surface area contributed by atoms with Crippen LogP contribution in [0.25, 0.3) is 5.57 Å². The Morgan fingerprint density at radius 1 is 0.960 bits per heavy atom. The van der Waals surface area contributed by atoms with E-state index in [-0.39, 0.29) is 36.9 Å². The van der Waals surface area contributed by atoms with Gasteiger partial charge in [-0.05, 0) is 88.9 Å². The highest BCUT2D eigenvalue weighted by Crippen LogP contribution is 2.37. The van der Waals surface area contributed by atoms with E-state index in [1.165, 1.54) is 17.0 Å². The van der Waals surface area contributed by atoms with Crippen molar-refractivity contribution in [3.05, 3.63) is 105 Å². The summed E-state index contributed by atoms with van der Waals surface area (Å²) in [6.45, 7) is 1.18. The van der Waals surface area contributed by atoms with Crippen molar-refractivity contribution in [1.29, 1.82) is 0 Å². The molecule has 2 aliphatic heterocycles. The summed E-state index contributed by atoms with van der Waals surface area (Å²) in [6, 6.07) is 21.8. The molecule has 2 amide bonds. The monoisotopic (exact) mass is 749 g/mol. The molecule has 1 saturated carbocycles. The van der Waals surface area contributed by atoms with Gasteiger partial charge >= 0.3 is 5.97 Å². The third-order valence-electron chi connectivity index (χ3n) is 9.55. The maximum atomic E-state index is 14.6. The molecule has 3 aromatic rings. The lowest BCUT2D eigenvalue weighted by Crippen LogP contribution is -2.64. The summed E-state index contributed by atoms with van der Waals surface area (Å²) in [5.74, 6) is -2.57. The van der Waals surface area contributed by atoms with Crippen LogP contribution in [-0.4, -0.2) is 99.5 Å². The minimum absolute atomic E-state index is 0.0417. The van der Waals surface area contributed by atoms with Crippen molar-refractivity contribution < 1.29 is 38.8 Å². The zero-order chi connectivity index (χ0) is 35.4. The van der Waals surface area contributed by atoms with E-state index in [2.05, 4.69) is 21.2 Å². The van der Waals surface area contributed by atoms with Crippen LogP contribution in [-0.2, 0) is 27.2 Å². The first-order valence-electron chi connectivity index (χ1n) is 17.0. The summed E-state index contributed by atoms with van der Waals surface area (Å²) >= 11 is 3.38. The topological polar surface area (TPSA) is 140 Å². The number of aliphatic carboxylic acids is 1. The number of halogens is 2. The van der Waals surface area contributed by atoms with E-state index in [1.54, 1.807) is 6.07 Å². The highest BCUT2D eigenvalue weighted by atomic mass is 79.9. The van der Waals surface area contributed by atoms with Crippen molar-refractivity contribution in [2.45, 2.75) is 68.9 Å². The van der Waals surface area contributed by atoms with Gasteiger partial charge in [-0.25, -0.2) is 9.18 Å². The summed E-state index contributed by atoms with van der Waals surface area (Å²) in [5, 5.41) is 32.9. The second-order valence-electron chi connectivity index (χ2n) is 13.2. The van der Waals surface area contributed by atoms with Gasteiger partial charge in [0.1, 0.15) is 11.6 Å². The van der Waals surface area contributed by atoms with Gasteiger partial charge in [0, 0.05) is 43.4 Å². The van der Waals surface area contributed by atoms with Gasteiger partial charge in [0.15, 0.2) is 12.2 Å². The fraction of sp³-hybridized carbons (Fsp3) is 0.395. The van der Waals surface area contributed by atoms with E-state index in [0.717, 1.165) is 41.5 Å². The first-order chi connectivity index (χ1) is 24.1. The van der Waals surface area contributed by atoms with Crippen LogP contribution in [0, 0.1) is 5.82 Å². The number of fused-ring (bicyclic) bond motifs is 2. The number of hydrogen-bond donors (Lipinski definition) is 4. The summed E-state index contributed by atoms with van der Waals surface area (Å²) in [4.78, 5) is 42.4. The van der Waals surface area contributed by atoms with E-state index in [1.807, 2.05) is 59.5 Å². The summed E-state index contributed by atoms with van der Waals surface area (Å²) in [5.41, 5.74) is 4.59. The minimum atomic E-state index is -2.25. The number of carboxylic acids is 1. The number of aliphatic hydroxyl groups excluding tert-OH is 2. The molecule has 50 heavy (non-hydrogen) atoms. The van der Waals surface area contributed by atoms with Gasteiger partial charge in [-0.1, -0.05) is 54.6 Å². The molecule has 1 saturated heterocycles. The third kappa shape index (κ3) is 8.43. The third-order valence-corrected chi connectivity index (χ3v) is 10.2. The lowest BCUT2D eigenvalue weighted by molar-refractivity contribution is -0.163. The van der Waals surface area contributed by atoms with Gasteiger partial charge in [-0.3, -0.25) is 9.59 Å². The number of ether oxygens (including phenoxy) is 1. The maximum Gasteiger partial charge on any atom is 0.335 e. The summed E-state index contributed by atoms with van der Waals surface area (Å²) < 4.78 is 20.1. The van der Waals surface area contributed by atoms with Crippen LogP contribution in [0.5, 0.6) is 5.75 Å². The number of aryl methyl sites for hydroxylation is 1. The molecule has 4 N–H and O–H groups in total. The largest absolute Gasteiger partial charge is 0.492 e. The van der Waals surface area contributed by atoms with E-state index in [0.29, 0.717) is 48.2 Å². The van der Waals surface area contributed by atoms with Gasteiger partial charge in [0.25, 0.3) is 11.8 Å². The van der Waals surface area contributed by atoms with Gasteiger partial charge in [0.05, 0.1) is 17.1 Å². The molecule has 264 valence electrons. The number of carboxylic acid groups (broad SMARTS) is 1. The number of amides is 2. The van der Waals surface area contributed by atoms with E-state index < -0.39 is 30.1 Å². The van der Waals surface area contributed by atoms with E-state index in [9.17, 15) is 29.0 Å². The zero-order valence-corrected chi connectivity index (χ0v) is 29.1. The van der Waals surface area contributed by atoms with Crippen molar-refractivity contribution in [3.63, 3.8) is 0 Å². The molecule has 3 aromatic carbocycles. The van der Waals surface area contributed by atoms with E-state index >= 15 is 0 Å². The van der Waals surface area contributed by atoms with Crippen molar-refractivity contribution in [1.82, 2.24) is 15.1 Å². The Morgan fingerprint density at radius 2 is 1.68 bits per heavy atom. The fourth-order valence-corrected chi connectivity index (χ4v) is 7.17. The molecular weight excluding hydrogens is 709 g/mol. The van der Waals surface area contributed by atoms with Crippen LogP contribution in [0.15, 0.2) is 82.8 Å². The Balaban J connectivity index is 1.23. The predicted octanol–water partition coefficient (Wildman–Crippen LogP) is 3.97. The first kappa shape index (κ1) is 35.7. The molecule has 3 aliphatic rings. The molecule has 2 heterocycles. The molecule has 2 fully saturated rings. The van der Waals surface area contributed by atoms with Crippen LogP contribution in [0.1, 0.15) is 42.4 Å². The van der Waals surface area contributed by atoms with Gasteiger partial charge < -0.3 is 35.2 Å². The summed E-state index contributed by atoms with van der Waals surface area (Å²) in [6.07, 6.45) is 0.0624. The Kier molecular flexibility index (Phi) is 11.3. The van der Waals surface area contributed by atoms with Gasteiger partial charge in [-0.15, -0.1) is 0 Å². The molecule has 2 bridgehead atoms.